The zero-order valence-electron chi connectivity index (χ0n) is 18.9. The van der Waals surface area contributed by atoms with Gasteiger partial charge in [0, 0.05) is 19.5 Å². The van der Waals surface area contributed by atoms with Gasteiger partial charge in [0.05, 0.1) is 16.7 Å². The van der Waals surface area contributed by atoms with Crippen LogP contribution < -0.4 is 10.1 Å². The maximum Gasteiger partial charge on any atom is 0.242 e. The highest BCUT2D eigenvalue weighted by atomic mass is 35.5. The summed E-state index contributed by atoms with van der Waals surface area (Å²) in [6.07, 6.45) is 1.34. The fourth-order valence-electron chi connectivity index (χ4n) is 3.25. The fraction of sp³-hybridized carbons (Fsp3) is 0.440. The summed E-state index contributed by atoms with van der Waals surface area (Å²) in [5.41, 5.74) is 0.823. The highest BCUT2D eigenvalue weighted by Gasteiger charge is 2.28. The van der Waals surface area contributed by atoms with E-state index < -0.39 is 6.04 Å². The molecule has 0 aromatic heterocycles. The van der Waals surface area contributed by atoms with Crippen molar-refractivity contribution in [3.8, 4) is 5.75 Å². The molecule has 174 valence electrons. The van der Waals surface area contributed by atoms with Crippen LogP contribution in [0.4, 0.5) is 0 Å². The first-order valence-electron chi connectivity index (χ1n) is 11.0. The van der Waals surface area contributed by atoms with Crippen molar-refractivity contribution in [2.45, 2.75) is 52.6 Å². The number of carbonyl (C=O) groups excluding carboxylic acids is 2. The van der Waals surface area contributed by atoms with E-state index in [2.05, 4.69) is 5.32 Å². The molecule has 0 fully saturated rings. The van der Waals surface area contributed by atoms with Gasteiger partial charge in [-0.1, -0.05) is 68.2 Å². The van der Waals surface area contributed by atoms with Crippen LogP contribution in [0.15, 0.2) is 48.5 Å². The molecule has 0 spiro atoms. The van der Waals surface area contributed by atoms with Crippen LogP contribution in [0.3, 0.4) is 0 Å². The second kappa shape index (κ2) is 13.3. The molecule has 2 aromatic rings. The molecular weight excluding hydrogens is 447 g/mol. The number of nitrogens with zero attached hydrogens (tertiary/aromatic N) is 1. The molecule has 0 aliphatic heterocycles. The Balaban J connectivity index is 2.09. The Hall–Kier alpha value is -2.24. The summed E-state index contributed by atoms with van der Waals surface area (Å²) in [5, 5.41) is 3.83. The van der Waals surface area contributed by atoms with Crippen molar-refractivity contribution >= 4 is 35.0 Å². The lowest BCUT2D eigenvalue weighted by Crippen LogP contribution is -2.49. The Bertz CT molecular complexity index is 875. The van der Waals surface area contributed by atoms with E-state index in [1.54, 1.807) is 17.0 Å². The van der Waals surface area contributed by atoms with E-state index in [4.69, 9.17) is 27.9 Å². The van der Waals surface area contributed by atoms with Crippen LogP contribution in [0.25, 0.3) is 0 Å². The predicted molar refractivity (Wildman–Crippen MR) is 130 cm³/mol. The van der Waals surface area contributed by atoms with Crippen molar-refractivity contribution in [3.63, 3.8) is 0 Å². The first-order valence-corrected chi connectivity index (χ1v) is 11.8. The minimum Gasteiger partial charge on any atom is -0.494 e. The van der Waals surface area contributed by atoms with E-state index in [0.717, 1.165) is 11.3 Å². The quantitative estimate of drug-likeness (QED) is 0.396. The van der Waals surface area contributed by atoms with Gasteiger partial charge in [0.15, 0.2) is 0 Å². The number of carbonyl (C=O) groups is 2. The summed E-state index contributed by atoms with van der Waals surface area (Å²) >= 11 is 12.2. The zero-order valence-corrected chi connectivity index (χ0v) is 20.5. The Morgan fingerprint density at radius 3 is 2.41 bits per heavy atom. The molecule has 32 heavy (non-hydrogen) atoms. The average molecular weight is 479 g/mol. The molecule has 1 atom stereocenters. The van der Waals surface area contributed by atoms with E-state index in [1.165, 1.54) is 0 Å². The molecular formula is C25H32Cl2N2O3. The summed E-state index contributed by atoms with van der Waals surface area (Å²) in [6, 6.07) is 14.2. The van der Waals surface area contributed by atoms with Crippen molar-refractivity contribution in [2.24, 2.45) is 5.92 Å². The minimum absolute atomic E-state index is 0.0979. The van der Waals surface area contributed by atoms with Gasteiger partial charge in [0.25, 0.3) is 0 Å². The summed E-state index contributed by atoms with van der Waals surface area (Å²) in [5.74, 6) is 0.854. The van der Waals surface area contributed by atoms with Crippen LogP contribution >= 0.6 is 23.2 Å². The lowest BCUT2D eigenvalue weighted by molar-refractivity contribution is -0.141. The van der Waals surface area contributed by atoms with Gasteiger partial charge in [-0.15, -0.1) is 0 Å². The Morgan fingerprint density at radius 1 is 1.06 bits per heavy atom. The third-order valence-corrected chi connectivity index (χ3v) is 5.69. The molecule has 0 aliphatic carbocycles. The van der Waals surface area contributed by atoms with E-state index in [0.29, 0.717) is 42.0 Å². The highest BCUT2D eigenvalue weighted by molar-refractivity contribution is 6.42. The number of benzene rings is 2. The second-order valence-corrected chi connectivity index (χ2v) is 8.91. The van der Waals surface area contributed by atoms with Crippen LogP contribution in [0.2, 0.25) is 10.0 Å². The van der Waals surface area contributed by atoms with Gasteiger partial charge in [-0.3, -0.25) is 9.59 Å². The first kappa shape index (κ1) is 26.0. The van der Waals surface area contributed by atoms with Gasteiger partial charge < -0.3 is 15.0 Å². The lowest BCUT2D eigenvalue weighted by Gasteiger charge is -2.31. The molecule has 2 aromatic carbocycles. The molecule has 2 rings (SSSR count). The Morgan fingerprint density at radius 2 is 1.78 bits per heavy atom. The normalized spacial score (nSPS) is 11.8. The largest absolute Gasteiger partial charge is 0.494 e. The molecule has 0 saturated carbocycles. The van der Waals surface area contributed by atoms with Crippen molar-refractivity contribution < 1.29 is 14.3 Å². The average Bonchev–Trinajstić information content (AvgIpc) is 2.78. The molecule has 0 aliphatic rings. The highest BCUT2D eigenvalue weighted by Crippen LogP contribution is 2.24. The maximum absolute atomic E-state index is 13.2. The van der Waals surface area contributed by atoms with Crippen LogP contribution in [0.1, 0.15) is 45.6 Å². The van der Waals surface area contributed by atoms with Crippen LogP contribution in [-0.2, 0) is 16.1 Å². The van der Waals surface area contributed by atoms with E-state index in [-0.39, 0.29) is 24.8 Å². The number of amides is 2. The predicted octanol–water partition coefficient (Wildman–Crippen LogP) is 5.73. The second-order valence-electron chi connectivity index (χ2n) is 8.10. The van der Waals surface area contributed by atoms with E-state index >= 15 is 0 Å². The van der Waals surface area contributed by atoms with Gasteiger partial charge in [-0.2, -0.15) is 0 Å². The Labute approximate surface area is 201 Å². The third-order valence-electron chi connectivity index (χ3n) is 4.95. The fourth-order valence-corrected chi connectivity index (χ4v) is 3.57. The topological polar surface area (TPSA) is 58.6 Å². The lowest BCUT2D eigenvalue weighted by atomic mass is 10.1. The van der Waals surface area contributed by atoms with Crippen molar-refractivity contribution in [1.82, 2.24) is 10.2 Å². The van der Waals surface area contributed by atoms with Crippen LogP contribution in [0, 0.1) is 5.92 Å². The van der Waals surface area contributed by atoms with Crippen LogP contribution in [-0.4, -0.2) is 35.9 Å². The number of hydrogen-bond acceptors (Lipinski definition) is 3. The molecule has 0 heterocycles. The number of ether oxygens (including phenoxy) is 1. The first-order chi connectivity index (χ1) is 15.3. The van der Waals surface area contributed by atoms with Gasteiger partial charge in [-0.05, 0) is 48.6 Å². The van der Waals surface area contributed by atoms with Crippen molar-refractivity contribution in [1.29, 1.82) is 0 Å². The van der Waals surface area contributed by atoms with Gasteiger partial charge in [0.2, 0.25) is 11.8 Å². The SMILES string of the molecule is CC[C@H](C(=O)NCC(C)C)N(Cc1ccc(Cl)c(Cl)c1)C(=O)CCCOc1ccccc1. The molecule has 0 radical (unpaired) electrons. The number of para-hydroxylation sites is 1. The number of halogens is 2. The third kappa shape index (κ3) is 8.36. The monoisotopic (exact) mass is 478 g/mol. The minimum atomic E-state index is -0.564. The van der Waals surface area contributed by atoms with Crippen molar-refractivity contribution in [2.75, 3.05) is 13.2 Å². The van der Waals surface area contributed by atoms with Crippen molar-refractivity contribution in [3.05, 3.63) is 64.1 Å². The Kier molecular flexibility index (Phi) is 10.8. The standard InChI is InChI=1S/C25H32Cl2N2O3/c1-4-23(25(31)28-16-18(2)3)29(17-19-12-13-21(26)22(27)15-19)24(30)11-8-14-32-20-9-6-5-7-10-20/h5-7,9-10,12-13,15,18,23H,4,8,11,14,16-17H2,1-3H3,(H,28,31)/t23-/m1/s1. The molecule has 0 saturated heterocycles. The maximum atomic E-state index is 13.2. The van der Waals surface area contributed by atoms with E-state index in [1.807, 2.05) is 57.2 Å². The number of rotatable bonds is 12. The molecule has 0 unspecified atom stereocenters. The smallest absolute Gasteiger partial charge is 0.242 e. The number of nitrogens with one attached hydrogen (secondary N) is 1. The van der Waals surface area contributed by atoms with Gasteiger partial charge in [0.1, 0.15) is 11.8 Å². The molecule has 0 bridgehead atoms. The molecule has 7 heteroatoms. The molecule has 5 nitrogen and oxygen atoms in total. The van der Waals surface area contributed by atoms with Gasteiger partial charge in [-0.25, -0.2) is 0 Å². The van der Waals surface area contributed by atoms with Gasteiger partial charge >= 0.3 is 0 Å². The molecule has 2 amide bonds. The number of hydrogen-bond donors (Lipinski definition) is 1. The zero-order chi connectivity index (χ0) is 23.5. The summed E-state index contributed by atoms with van der Waals surface area (Å²) < 4.78 is 5.70. The summed E-state index contributed by atoms with van der Waals surface area (Å²) in [4.78, 5) is 27.7. The van der Waals surface area contributed by atoms with Crippen LogP contribution in [0.5, 0.6) is 5.75 Å². The molecule has 1 N–H and O–H groups in total. The summed E-state index contributed by atoms with van der Waals surface area (Å²) in [7, 11) is 0. The summed E-state index contributed by atoms with van der Waals surface area (Å²) in [6.45, 7) is 7.25. The van der Waals surface area contributed by atoms with E-state index in [9.17, 15) is 9.59 Å².